The molecule has 3 N–H and O–H groups in total. The first-order valence-corrected chi connectivity index (χ1v) is 24.7. The number of halogens is 1. The minimum Gasteiger partial charge on any atom is -1.00 e. The number of nitrogens with zero attached hydrogens (tertiary/aromatic N) is 2. The van der Waals surface area contributed by atoms with Gasteiger partial charge in [-0.25, -0.2) is 0 Å². The Morgan fingerprint density at radius 1 is 0.826 bits per heavy atom. The summed E-state index contributed by atoms with van der Waals surface area (Å²) < 4.78 is 19.2. The third kappa shape index (κ3) is 9.38. The molecule has 0 spiro atoms. The molecule has 1 atom stereocenters. The highest BCUT2D eigenvalue weighted by Crippen LogP contribution is 2.53. The molecule has 0 saturated heterocycles. The summed E-state index contributed by atoms with van der Waals surface area (Å²) in [6.07, 6.45) is 10.6. The minimum absolute atomic E-state index is 0. The lowest BCUT2D eigenvalue weighted by Gasteiger charge is -2.37. The van der Waals surface area contributed by atoms with Crippen molar-refractivity contribution in [2.45, 2.75) is 84.0 Å². The van der Waals surface area contributed by atoms with Gasteiger partial charge in [0.25, 0.3) is 5.91 Å². The Balaban J connectivity index is 0.00000703. The summed E-state index contributed by atoms with van der Waals surface area (Å²) in [6.45, 7) is 20.1. The van der Waals surface area contributed by atoms with Crippen molar-refractivity contribution in [2.75, 3.05) is 52.4 Å². The average molecular weight is 1060 g/mol. The number of benzene rings is 5. The fraction of sp³-hybridized carbons (Fsp3) is 0.362. The van der Waals surface area contributed by atoms with Crippen molar-refractivity contribution in [2.24, 2.45) is 17.1 Å². The molecular weight excluding hydrogens is 992 g/mol. The molecule has 0 radical (unpaired) electrons. The number of nitrogens with one attached hydrogen (secondary N) is 1. The maximum atomic E-state index is 13.7. The molecule has 3 aliphatic rings. The van der Waals surface area contributed by atoms with E-state index >= 15 is 0 Å². The number of amides is 1. The molecule has 1 unspecified atom stereocenters. The van der Waals surface area contributed by atoms with E-state index in [1.54, 1.807) is 26.0 Å². The van der Waals surface area contributed by atoms with Gasteiger partial charge in [0.2, 0.25) is 5.69 Å². The Bertz CT molecular complexity index is 2980. The first-order chi connectivity index (χ1) is 32.5. The maximum absolute atomic E-state index is 13.7. The lowest BCUT2D eigenvalue weighted by atomic mass is 9.69. The predicted octanol–water partition coefficient (Wildman–Crippen LogP) is 8.94. The van der Waals surface area contributed by atoms with Gasteiger partial charge in [-0.3, -0.25) is 9.59 Å². The summed E-state index contributed by atoms with van der Waals surface area (Å²) in [4.78, 5) is 31.3. The van der Waals surface area contributed by atoms with Gasteiger partial charge in [0, 0.05) is 69.5 Å². The fourth-order valence-electron chi connectivity index (χ4n) is 10.9. The van der Waals surface area contributed by atoms with Gasteiger partial charge < -0.3 is 54.1 Å². The number of carbonyl (C=O) groups is 2. The van der Waals surface area contributed by atoms with E-state index < -0.39 is 5.41 Å². The number of ether oxygens (including phenoxy) is 3. The zero-order valence-corrected chi connectivity index (χ0v) is 45.0. The van der Waals surface area contributed by atoms with Crippen LogP contribution in [-0.2, 0) is 20.4 Å². The third-order valence-corrected chi connectivity index (χ3v) is 15.9. The number of anilines is 1. The smallest absolute Gasteiger partial charge is 0.311 e. The summed E-state index contributed by atoms with van der Waals surface area (Å²) in [5, 5.41) is 7.62. The SMILES string of the molecule is CCN1C(=CC=C2CC(C(C)(C)C(=O)OC)CC(C=CC3=[N+](CC)c4ccc5cc(OC)ccc5c4C3(C)C)=C2Sc2ccc(C(=O)NCCN)cc2)C(C)(C)c2c1ccc1cc(OC)ccc21.[I-]. The molecule has 362 valence electrons. The Labute approximate surface area is 429 Å². The van der Waals surface area contributed by atoms with Gasteiger partial charge in [0.1, 0.15) is 18.0 Å². The lowest BCUT2D eigenvalue weighted by molar-refractivity contribution is -0.433. The number of likely N-dealkylation sites (N-methyl/N-ethyl adjacent to an activating group) is 1. The van der Waals surface area contributed by atoms with E-state index in [2.05, 4.69) is 141 Å². The molecule has 1 amide bonds. The number of esters is 1. The third-order valence-electron chi connectivity index (χ3n) is 14.6. The maximum Gasteiger partial charge on any atom is 0.311 e. The summed E-state index contributed by atoms with van der Waals surface area (Å²) in [6, 6.07) is 29.4. The Kier molecular flexibility index (Phi) is 15.3. The number of thioether (sulfide) groups is 1. The summed E-state index contributed by atoms with van der Waals surface area (Å²) in [7, 11) is 4.91. The van der Waals surface area contributed by atoms with Crippen molar-refractivity contribution >= 4 is 62.3 Å². The highest BCUT2D eigenvalue weighted by atomic mass is 127. The van der Waals surface area contributed by atoms with E-state index in [1.807, 2.05) is 38.1 Å². The van der Waals surface area contributed by atoms with E-state index in [-0.39, 0.29) is 52.6 Å². The van der Waals surface area contributed by atoms with Gasteiger partial charge in [0.05, 0.1) is 32.2 Å². The topological polar surface area (TPSA) is 106 Å². The molecule has 0 saturated carbocycles. The Hall–Kier alpha value is -5.37. The second-order valence-electron chi connectivity index (χ2n) is 19.6. The molecule has 2 heterocycles. The van der Waals surface area contributed by atoms with E-state index in [4.69, 9.17) is 19.9 Å². The van der Waals surface area contributed by atoms with Crippen molar-refractivity contribution in [1.29, 1.82) is 0 Å². The average Bonchev–Trinajstić information content (AvgIpc) is 3.71. The quantitative estimate of drug-likeness (QED) is 0.0646. The second-order valence-corrected chi connectivity index (χ2v) is 20.7. The van der Waals surface area contributed by atoms with Crippen molar-refractivity contribution in [1.82, 2.24) is 5.32 Å². The monoisotopic (exact) mass is 1060 g/mol. The second kappa shape index (κ2) is 20.5. The molecule has 5 aromatic carbocycles. The van der Waals surface area contributed by atoms with E-state index in [0.717, 1.165) is 56.3 Å². The van der Waals surface area contributed by atoms with Crippen LogP contribution in [0.5, 0.6) is 11.5 Å². The normalized spacial score (nSPS) is 18.6. The molecule has 2 aliphatic heterocycles. The number of hydrogen-bond acceptors (Lipinski definition) is 8. The van der Waals surface area contributed by atoms with Crippen LogP contribution in [0.2, 0.25) is 0 Å². The van der Waals surface area contributed by atoms with Crippen LogP contribution < -0.4 is 49.4 Å². The molecule has 0 aromatic heterocycles. The Morgan fingerprint density at radius 3 is 2.06 bits per heavy atom. The van der Waals surface area contributed by atoms with E-state index in [0.29, 0.717) is 31.5 Å². The molecule has 69 heavy (non-hydrogen) atoms. The van der Waals surface area contributed by atoms with Crippen LogP contribution in [0.15, 0.2) is 136 Å². The van der Waals surface area contributed by atoms with Crippen LogP contribution in [0.3, 0.4) is 0 Å². The molecule has 9 nitrogen and oxygen atoms in total. The number of hydrogen-bond donors (Lipinski definition) is 2. The van der Waals surface area contributed by atoms with Gasteiger partial charge in [0.15, 0.2) is 5.71 Å². The molecule has 11 heteroatoms. The van der Waals surface area contributed by atoms with Gasteiger partial charge in [-0.2, -0.15) is 4.58 Å². The number of nitrogens with two attached hydrogens (primary N) is 1. The fourth-order valence-corrected chi connectivity index (χ4v) is 11.9. The predicted molar refractivity (Wildman–Crippen MR) is 280 cm³/mol. The number of rotatable bonds is 14. The number of carbonyl (C=O) groups excluding carboxylic acids is 2. The highest BCUT2D eigenvalue weighted by Gasteiger charge is 2.46. The largest absolute Gasteiger partial charge is 1.00 e. The van der Waals surface area contributed by atoms with Crippen LogP contribution in [0.1, 0.15) is 89.7 Å². The standard InChI is InChI=1S/C58H66N4O5S.HI/c1-12-61-47-26-16-37-34-42(65-9)20-24-45(37)51(47)57(5,6)49(61)28-18-39-32-41(56(3,4)55(64)67-11)33-40(53(39)68-44-22-14-36(15-23-44)54(63)60-31-30-59)19-29-50-58(7,8)52-46-25-21-43(66-10)35-38(46)17-27-48(52)62(50)13-2;/h14-29,34-35,41H,12-13,30-33,59H2,1-11H3;1H. The molecule has 5 aromatic rings. The van der Waals surface area contributed by atoms with Gasteiger partial charge in [-0.1, -0.05) is 56.0 Å². The number of allylic oxidation sites excluding steroid dienone is 7. The molecule has 0 fully saturated rings. The van der Waals surface area contributed by atoms with Crippen molar-refractivity contribution in [3.05, 3.63) is 148 Å². The van der Waals surface area contributed by atoms with Gasteiger partial charge in [-0.15, -0.1) is 0 Å². The van der Waals surface area contributed by atoms with Crippen molar-refractivity contribution in [3.63, 3.8) is 0 Å². The zero-order valence-electron chi connectivity index (χ0n) is 42.0. The highest BCUT2D eigenvalue weighted by molar-refractivity contribution is 8.03. The molecule has 1 aliphatic carbocycles. The van der Waals surface area contributed by atoms with Gasteiger partial charge in [-0.05, 0) is 165 Å². The van der Waals surface area contributed by atoms with Crippen molar-refractivity contribution in [3.8, 4) is 11.5 Å². The van der Waals surface area contributed by atoms with Crippen LogP contribution in [0.25, 0.3) is 21.5 Å². The number of fused-ring (bicyclic) bond motifs is 6. The number of methoxy groups -OCH3 is 3. The minimum atomic E-state index is -0.779. The van der Waals surface area contributed by atoms with E-state index in [1.165, 1.54) is 51.8 Å². The lowest BCUT2D eigenvalue weighted by Crippen LogP contribution is -3.00. The van der Waals surface area contributed by atoms with Crippen LogP contribution in [-0.4, -0.2) is 69.7 Å². The summed E-state index contributed by atoms with van der Waals surface area (Å²) >= 11 is 1.71. The molecular formula is C58H67IN4O5S. The first kappa shape index (κ1) is 51.5. The van der Waals surface area contributed by atoms with Crippen LogP contribution in [0.4, 0.5) is 11.4 Å². The van der Waals surface area contributed by atoms with Gasteiger partial charge >= 0.3 is 5.97 Å². The van der Waals surface area contributed by atoms with E-state index in [9.17, 15) is 9.59 Å². The molecule has 8 rings (SSSR count). The zero-order chi connectivity index (χ0) is 48.7. The Morgan fingerprint density at radius 2 is 1.46 bits per heavy atom. The summed E-state index contributed by atoms with van der Waals surface area (Å²) in [5.74, 6) is 1.24. The van der Waals surface area contributed by atoms with Crippen LogP contribution in [0, 0.1) is 11.3 Å². The molecule has 0 bridgehead atoms. The van der Waals surface area contributed by atoms with Crippen molar-refractivity contribution < 1.29 is 52.4 Å². The summed E-state index contributed by atoms with van der Waals surface area (Å²) in [5.41, 5.74) is 14.6. The first-order valence-electron chi connectivity index (χ1n) is 23.9. The van der Waals surface area contributed by atoms with Crippen LogP contribution >= 0.6 is 11.8 Å².